The van der Waals surface area contributed by atoms with Crippen molar-refractivity contribution in [2.24, 2.45) is 5.92 Å². The van der Waals surface area contributed by atoms with Crippen LogP contribution in [0.4, 0.5) is 0 Å². The highest BCUT2D eigenvalue weighted by Gasteiger charge is 2.08. The summed E-state index contributed by atoms with van der Waals surface area (Å²) in [6.45, 7) is 4.57. The van der Waals surface area contributed by atoms with Crippen LogP contribution in [0.15, 0.2) is 22.7 Å². The number of carboxylic acid groups (broad SMARTS) is 1. The highest BCUT2D eigenvalue weighted by molar-refractivity contribution is 9.10. The highest BCUT2D eigenvalue weighted by Crippen LogP contribution is 2.27. The Morgan fingerprint density at radius 1 is 1.50 bits per heavy atom. The summed E-state index contributed by atoms with van der Waals surface area (Å²) in [6.07, 6.45) is 2.00. The van der Waals surface area contributed by atoms with Gasteiger partial charge in [0.2, 0.25) is 0 Å². The molecule has 0 aliphatic rings. The molecule has 0 aliphatic heterocycles. The first kappa shape index (κ1) is 15.0. The van der Waals surface area contributed by atoms with Gasteiger partial charge < -0.3 is 9.84 Å². The first-order chi connectivity index (χ1) is 8.52. The maximum Gasteiger partial charge on any atom is 0.303 e. The first-order valence-corrected chi connectivity index (χ1v) is 6.95. The number of carboxylic acids is 1. The van der Waals surface area contributed by atoms with Gasteiger partial charge >= 0.3 is 5.97 Å². The maximum absolute atomic E-state index is 10.6. The molecule has 0 heterocycles. The quantitative estimate of drug-likeness (QED) is 0.830. The van der Waals surface area contributed by atoms with Crippen LogP contribution >= 0.6 is 15.9 Å². The Hall–Kier alpha value is -1.03. The summed E-state index contributed by atoms with van der Waals surface area (Å²) >= 11 is 3.48. The molecule has 3 nitrogen and oxygen atoms in total. The standard InChI is InChI=1S/C14H19BrO3/c1-3-18-13-7-6-11(9-12(13)15)5-4-10(2)8-14(16)17/h6-7,9-10H,3-5,8H2,1-2H3,(H,16,17). The van der Waals surface area contributed by atoms with E-state index in [-0.39, 0.29) is 12.3 Å². The van der Waals surface area contributed by atoms with Gasteiger partial charge in [0.25, 0.3) is 0 Å². The zero-order chi connectivity index (χ0) is 13.5. The fraction of sp³-hybridized carbons (Fsp3) is 0.500. The summed E-state index contributed by atoms with van der Waals surface area (Å²) in [5, 5.41) is 8.70. The van der Waals surface area contributed by atoms with Crippen molar-refractivity contribution in [1.82, 2.24) is 0 Å². The molecule has 100 valence electrons. The molecule has 4 heteroatoms. The van der Waals surface area contributed by atoms with Gasteiger partial charge in [-0.3, -0.25) is 4.79 Å². The van der Waals surface area contributed by atoms with Gasteiger partial charge in [-0.2, -0.15) is 0 Å². The summed E-state index contributed by atoms with van der Waals surface area (Å²) in [5.74, 6) is 0.322. The molecule has 0 saturated heterocycles. The molecule has 0 spiro atoms. The predicted octanol–water partition coefficient (Wildman–Crippen LogP) is 3.89. The van der Waals surface area contributed by atoms with Crippen molar-refractivity contribution in [2.75, 3.05) is 6.61 Å². The Labute approximate surface area is 116 Å². The molecule has 1 unspecified atom stereocenters. The van der Waals surface area contributed by atoms with Crippen LogP contribution in [0.25, 0.3) is 0 Å². The second-order valence-corrected chi connectivity index (χ2v) is 5.29. The maximum atomic E-state index is 10.6. The third kappa shape index (κ3) is 5.08. The lowest BCUT2D eigenvalue weighted by molar-refractivity contribution is -0.138. The molecule has 0 aromatic heterocycles. The largest absolute Gasteiger partial charge is 0.493 e. The molecular formula is C14H19BrO3. The molecular weight excluding hydrogens is 296 g/mol. The van der Waals surface area contributed by atoms with Crippen LogP contribution in [0.3, 0.4) is 0 Å². The number of halogens is 1. The van der Waals surface area contributed by atoms with Crippen molar-refractivity contribution >= 4 is 21.9 Å². The van der Waals surface area contributed by atoms with Crippen molar-refractivity contribution < 1.29 is 14.6 Å². The van der Waals surface area contributed by atoms with E-state index in [4.69, 9.17) is 9.84 Å². The Morgan fingerprint density at radius 3 is 2.78 bits per heavy atom. The Balaban J connectivity index is 2.53. The molecule has 1 rings (SSSR count). The molecule has 1 aromatic rings. The number of benzene rings is 1. The molecule has 18 heavy (non-hydrogen) atoms. The average Bonchev–Trinajstić information content (AvgIpc) is 2.29. The van der Waals surface area contributed by atoms with Crippen LogP contribution in [-0.4, -0.2) is 17.7 Å². The molecule has 0 radical (unpaired) electrons. The van der Waals surface area contributed by atoms with Gasteiger partial charge in [-0.15, -0.1) is 0 Å². The molecule has 0 bridgehead atoms. The predicted molar refractivity (Wildman–Crippen MR) is 75.0 cm³/mol. The number of aryl methyl sites for hydroxylation is 1. The summed E-state index contributed by atoms with van der Waals surface area (Å²) < 4.78 is 6.40. The molecule has 1 aromatic carbocycles. The lowest BCUT2D eigenvalue weighted by Crippen LogP contribution is -2.05. The van der Waals surface area contributed by atoms with E-state index >= 15 is 0 Å². The summed E-state index contributed by atoms with van der Waals surface area (Å²) in [6, 6.07) is 6.02. The van der Waals surface area contributed by atoms with Crippen LogP contribution < -0.4 is 4.74 Å². The SMILES string of the molecule is CCOc1ccc(CCC(C)CC(=O)O)cc1Br. The van der Waals surface area contributed by atoms with Crippen LogP contribution in [-0.2, 0) is 11.2 Å². The Bertz CT molecular complexity index is 404. The molecule has 1 atom stereocenters. The third-order valence-corrected chi connectivity index (χ3v) is 3.36. The smallest absolute Gasteiger partial charge is 0.303 e. The third-order valence-electron chi connectivity index (χ3n) is 2.75. The van der Waals surface area contributed by atoms with E-state index in [2.05, 4.69) is 15.9 Å². The Morgan fingerprint density at radius 2 is 2.22 bits per heavy atom. The van der Waals surface area contributed by atoms with Crippen LogP contribution in [0, 0.1) is 5.92 Å². The number of hydrogen-bond donors (Lipinski definition) is 1. The molecule has 0 amide bonds. The van der Waals surface area contributed by atoms with Crippen LogP contribution in [0.2, 0.25) is 0 Å². The monoisotopic (exact) mass is 314 g/mol. The van der Waals surface area contributed by atoms with Gasteiger partial charge in [-0.05, 0) is 59.3 Å². The van der Waals surface area contributed by atoms with Gasteiger partial charge in [-0.25, -0.2) is 0 Å². The topological polar surface area (TPSA) is 46.5 Å². The Kier molecular flexibility index (Phi) is 6.19. The fourth-order valence-corrected chi connectivity index (χ4v) is 2.33. The number of carbonyl (C=O) groups is 1. The zero-order valence-corrected chi connectivity index (χ0v) is 12.4. The lowest BCUT2D eigenvalue weighted by atomic mass is 9.98. The first-order valence-electron chi connectivity index (χ1n) is 6.16. The summed E-state index contributed by atoms with van der Waals surface area (Å²) in [5.41, 5.74) is 1.20. The second-order valence-electron chi connectivity index (χ2n) is 4.44. The normalized spacial score (nSPS) is 12.2. The van der Waals surface area contributed by atoms with Crippen molar-refractivity contribution in [3.8, 4) is 5.75 Å². The van der Waals surface area contributed by atoms with Gasteiger partial charge in [-0.1, -0.05) is 13.0 Å². The van der Waals surface area contributed by atoms with E-state index in [1.165, 1.54) is 5.56 Å². The molecule has 1 N–H and O–H groups in total. The van der Waals surface area contributed by atoms with Crippen molar-refractivity contribution in [3.63, 3.8) is 0 Å². The number of rotatable bonds is 7. The summed E-state index contributed by atoms with van der Waals surface area (Å²) in [7, 11) is 0. The van der Waals surface area contributed by atoms with Crippen LogP contribution in [0.1, 0.15) is 32.3 Å². The minimum absolute atomic E-state index is 0.202. The van der Waals surface area contributed by atoms with Crippen molar-refractivity contribution in [2.45, 2.75) is 33.1 Å². The van der Waals surface area contributed by atoms with E-state index in [9.17, 15) is 4.79 Å². The zero-order valence-electron chi connectivity index (χ0n) is 10.8. The van der Waals surface area contributed by atoms with E-state index in [1.54, 1.807) is 0 Å². The van der Waals surface area contributed by atoms with E-state index < -0.39 is 5.97 Å². The van der Waals surface area contributed by atoms with E-state index in [0.717, 1.165) is 23.1 Å². The highest BCUT2D eigenvalue weighted by atomic mass is 79.9. The number of hydrogen-bond acceptors (Lipinski definition) is 2. The lowest BCUT2D eigenvalue weighted by Gasteiger charge is -2.10. The fourth-order valence-electron chi connectivity index (χ4n) is 1.79. The van der Waals surface area contributed by atoms with Crippen molar-refractivity contribution in [3.05, 3.63) is 28.2 Å². The summed E-state index contributed by atoms with van der Waals surface area (Å²) in [4.78, 5) is 10.6. The van der Waals surface area contributed by atoms with Gasteiger partial charge in [0, 0.05) is 6.42 Å². The average molecular weight is 315 g/mol. The second kappa shape index (κ2) is 7.41. The molecule has 0 saturated carbocycles. The number of aliphatic carboxylic acids is 1. The molecule has 0 aliphatic carbocycles. The minimum atomic E-state index is -0.727. The van der Waals surface area contributed by atoms with E-state index in [0.29, 0.717) is 6.61 Å². The van der Waals surface area contributed by atoms with Gasteiger partial charge in [0.1, 0.15) is 5.75 Å². The van der Waals surface area contributed by atoms with Crippen LogP contribution in [0.5, 0.6) is 5.75 Å². The molecule has 0 fully saturated rings. The van der Waals surface area contributed by atoms with E-state index in [1.807, 2.05) is 32.0 Å². The van der Waals surface area contributed by atoms with Gasteiger partial charge in [0.05, 0.1) is 11.1 Å². The van der Waals surface area contributed by atoms with Gasteiger partial charge in [0.15, 0.2) is 0 Å². The minimum Gasteiger partial charge on any atom is -0.493 e. The van der Waals surface area contributed by atoms with Crippen molar-refractivity contribution in [1.29, 1.82) is 0 Å². The number of ether oxygens (including phenoxy) is 1.